The van der Waals surface area contributed by atoms with Gasteiger partial charge in [0.15, 0.2) is 0 Å². The number of halogens is 6. The molecule has 0 aliphatic carbocycles. The molecule has 1 aliphatic heterocycles. The molecule has 2 aromatic rings. The van der Waals surface area contributed by atoms with E-state index >= 15 is 0 Å². The molecule has 1 amide bonds. The molecule has 10 heteroatoms. The molecule has 1 fully saturated rings. The quantitative estimate of drug-likeness (QED) is 0.360. The summed E-state index contributed by atoms with van der Waals surface area (Å²) in [5.41, 5.74) is -1.52. The third kappa shape index (κ3) is 12.0. The molecule has 210 valence electrons. The van der Waals surface area contributed by atoms with Crippen LogP contribution in [0.4, 0.5) is 26.3 Å². The molecule has 1 heterocycles. The van der Waals surface area contributed by atoms with Crippen molar-refractivity contribution in [3.8, 4) is 0 Å². The van der Waals surface area contributed by atoms with E-state index in [2.05, 4.69) is 46.6 Å². The first kappa shape index (κ1) is 34.4. The zero-order valence-electron chi connectivity index (χ0n) is 20.9. The van der Waals surface area contributed by atoms with Crippen molar-refractivity contribution in [3.63, 3.8) is 0 Å². The number of carbonyl (C=O) groups excluding carboxylic acids is 1. The summed E-state index contributed by atoms with van der Waals surface area (Å²) in [6.07, 6.45) is -6.94. The normalized spacial score (nSPS) is 15.8. The number of rotatable bonds is 7. The number of hydrogen-bond acceptors (Lipinski definition) is 3. The summed E-state index contributed by atoms with van der Waals surface area (Å²) in [6.45, 7) is 6.73. The van der Waals surface area contributed by atoms with Crippen LogP contribution in [0.2, 0.25) is 0 Å². The van der Waals surface area contributed by atoms with Gasteiger partial charge in [0.1, 0.15) is 0 Å². The van der Waals surface area contributed by atoms with E-state index in [-0.39, 0.29) is 31.6 Å². The molecular weight excluding hydrogens is 498 g/mol. The third-order valence-corrected chi connectivity index (χ3v) is 5.26. The van der Waals surface area contributed by atoms with E-state index in [4.69, 9.17) is 0 Å². The molecule has 4 nitrogen and oxygen atoms in total. The van der Waals surface area contributed by atoms with Gasteiger partial charge in [0, 0.05) is 32.2 Å². The summed E-state index contributed by atoms with van der Waals surface area (Å²) < 4.78 is 78.7. The number of methoxy groups -OCH3 is 1. The highest BCUT2D eigenvalue weighted by atomic mass is 19.4. The molecule has 1 saturated heterocycles. The van der Waals surface area contributed by atoms with Crippen molar-refractivity contribution < 1.29 is 35.9 Å². The highest BCUT2D eigenvalue weighted by Crippen LogP contribution is 2.36. The third-order valence-electron chi connectivity index (χ3n) is 5.26. The first-order valence-electron chi connectivity index (χ1n) is 11.8. The van der Waals surface area contributed by atoms with Crippen molar-refractivity contribution in [1.82, 2.24) is 10.6 Å². The van der Waals surface area contributed by atoms with Gasteiger partial charge in [-0.05, 0) is 42.2 Å². The van der Waals surface area contributed by atoms with Crippen LogP contribution >= 0.6 is 0 Å². The Balaban J connectivity index is 0.000000640. The topological polar surface area (TPSA) is 50.4 Å². The first-order chi connectivity index (χ1) is 16.9. The maximum atomic E-state index is 12.4. The Morgan fingerprint density at radius 1 is 1.00 bits per heavy atom. The fourth-order valence-electron chi connectivity index (χ4n) is 3.57. The minimum atomic E-state index is -4.82. The van der Waals surface area contributed by atoms with Crippen molar-refractivity contribution in [1.29, 1.82) is 0 Å². The zero-order chi connectivity index (χ0) is 27.4. The fraction of sp³-hybridized carbons (Fsp3) is 0.519. The van der Waals surface area contributed by atoms with Crippen molar-refractivity contribution in [3.05, 3.63) is 70.8 Å². The molecule has 0 aromatic heterocycles. The van der Waals surface area contributed by atoms with Gasteiger partial charge < -0.3 is 15.4 Å². The second-order valence-electron chi connectivity index (χ2n) is 7.93. The molecule has 1 aliphatic rings. The van der Waals surface area contributed by atoms with E-state index in [0.717, 1.165) is 19.4 Å². The summed E-state index contributed by atoms with van der Waals surface area (Å²) in [5.74, 6) is 0.185. The lowest BCUT2D eigenvalue weighted by Gasteiger charge is -2.20. The molecule has 0 saturated carbocycles. The van der Waals surface area contributed by atoms with Gasteiger partial charge in [0.25, 0.3) is 0 Å². The number of nitrogens with one attached hydrogen (secondary N) is 2. The largest absolute Gasteiger partial charge is 0.416 e. The second-order valence-corrected chi connectivity index (χ2v) is 7.93. The highest BCUT2D eigenvalue weighted by Gasteiger charge is 2.36. The Morgan fingerprint density at radius 3 is 1.95 bits per heavy atom. The summed E-state index contributed by atoms with van der Waals surface area (Å²) in [4.78, 5) is 11.1. The molecule has 2 aromatic carbocycles. The molecule has 2 N–H and O–H groups in total. The highest BCUT2D eigenvalue weighted by molar-refractivity contribution is 5.78. The number of ether oxygens (including phenoxy) is 1. The Kier molecular flexibility index (Phi) is 15.2. The standard InChI is InChI=1S/C14H20N2O.C10H8F6O.C2H6.CH4/c1-2-13(11-6-4-3-5-7-11)15-10-12-8-9-14(17)16-12;1-17-5-6-2-7(9(11,12)13)4-8(3-6)10(14,15)16;1-2;/h3-7,12-13,15H,2,8-10H2,1H3,(H,16,17);2-4H,5H2,1H3;1-2H3;1H4. The van der Waals surface area contributed by atoms with Crippen LogP contribution in [0.1, 0.15) is 75.8 Å². The van der Waals surface area contributed by atoms with Crippen LogP contribution in [0.3, 0.4) is 0 Å². The smallest absolute Gasteiger partial charge is 0.380 e. The number of benzene rings is 2. The van der Waals surface area contributed by atoms with Gasteiger partial charge in [-0.25, -0.2) is 0 Å². The lowest BCUT2D eigenvalue weighted by Crippen LogP contribution is -2.37. The average Bonchev–Trinajstić information content (AvgIpc) is 3.26. The molecule has 37 heavy (non-hydrogen) atoms. The molecule has 2 unspecified atom stereocenters. The van der Waals surface area contributed by atoms with Gasteiger partial charge in [0.05, 0.1) is 17.7 Å². The van der Waals surface area contributed by atoms with E-state index in [1.807, 2.05) is 19.9 Å². The van der Waals surface area contributed by atoms with E-state index in [1.165, 1.54) is 12.7 Å². The van der Waals surface area contributed by atoms with Crippen molar-refractivity contribution in [2.75, 3.05) is 13.7 Å². The molecule has 0 radical (unpaired) electrons. The second kappa shape index (κ2) is 16.3. The lowest BCUT2D eigenvalue weighted by molar-refractivity contribution is -0.143. The van der Waals surface area contributed by atoms with E-state index in [0.29, 0.717) is 30.6 Å². The SMILES string of the molecule is C.CC.CCC(NCC1CCC(=O)N1)c1ccccc1.COCc1cc(C(F)(F)F)cc(C(F)(F)F)c1. The number of alkyl halides is 6. The van der Waals surface area contributed by atoms with Gasteiger partial charge in [-0.15, -0.1) is 0 Å². The summed E-state index contributed by atoms with van der Waals surface area (Å²) >= 11 is 0. The predicted octanol–water partition coefficient (Wildman–Crippen LogP) is 7.54. The monoisotopic (exact) mass is 536 g/mol. The summed E-state index contributed by atoms with van der Waals surface area (Å²) in [7, 11) is 1.19. The average molecular weight is 537 g/mol. The van der Waals surface area contributed by atoms with Crippen molar-refractivity contribution in [2.24, 2.45) is 0 Å². The van der Waals surface area contributed by atoms with Crippen LogP contribution in [0.15, 0.2) is 48.5 Å². The molecule has 3 rings (SSSR count). The van der Waals surface area contributed by atoms with Crippen LogP contribution in [-0.2, 0) is 28.5 Å². The predicted molar refractivity (Wildman–Crippen MR) is 134 cm³/mol. The van der Waals surface area contributed by atoms with Crippen LogP contribution in [0, 0.1) is 0 Å². The summed E-state index contributed by atoms with van der Waals surface area (Å²) in [6, 6.07) is 12.5. The maximum Gasteiger partial charge on any atom is 0.416 e. The molecule has 0 bridgehead atoms. The molecular formula is C27H38F6N2O2. The Labute approximate surface area is 215 Å². The first-order valence-corrected chi connectivity index (χ1v) is 11.8. The number of hydrogen-bond donors (Lipinski definition) is 2. The fourth-order valence-corrected chi connectivity index (χ4v) is 3.57. The van der Waals surface area contributed by atoms with Gasteiger partial charge in [-0.3, -0.25) is 4.79 Å². The summed E-state index contributed by atoms with van der Waals surface area (Å²) in [5, 5.41) is 6.52. The van der Waals surface area contributed by atoms with Crippen LogP contribution in [0.5, 0.6) is 0 Å². The molecule has 0 spiro atoms. The number of amides is 1. The van der Waals surface area contributed by atoms with Gasteiger partial charge in [-0.1, -0.05) is 58.5 Å². The Hall–Kier alpha value is -2.59. The Morgan fingerprint density at radius 2 is 1.54 bits per heavy atom. The Bertz CT molecular complexity index is 885. The van der Waals surface area contributed by atoms with E-state index in [1.54, 1.807) is 0 Å². The zero-order valence-corrected chi connectivity index (χ0v) is 20.9. The van der Waals surface area contributed by atoms with Crippen molar-refractivity contribution >= 4 is 5.91 Å². The van der Waals surface area contributed by atoms with Crippen LogP contribution in [0.25, 0.3) is 0 Å². The van der Waals surface area contributed by atoms with Gasteiger partial charge in [0.2, 0.25) is 5.91 Å². The van der Waals surface area contributed by atoms with E-state index in [9.17, 15) is 31.1 Å². The number of carbonyl (C=O) groups is 1. The maximum absolute atomic E-state index is 12.4. The molecule has 2 atom stereocenters. The lowest BCUT2D eigenvalue weighted by atomic mass is 10.0. The van der Waals surface area contributed by atoms with Crippen molar-refractivity contribution in [2.45, 2.75) is 78.5 Å². The van der Waals surface area contributed by atoms with E-state index < -0.39 is 23.5 Å². The van der Waals surface area contributed by atoms with Crippen LogP contribution < -0.4 is 10.6 Å². The minimum absolute atomic E-state index is 0. The van der Waals surface area contributed by atoms with Gasteiger partial charge >= 0.3 is 12.4 Å². The van der Waals surface area contributed by atoms with Crippen LogP contribution in [-0.4, -0.2) is 25.6 Å². The van der Waals surface area contributed by atoms with Gasteiger partial charge in [-0.2, -0.15) is 26.3 Å². The minimum Gasteiger partial charge on any atom is -0.380 e.